The van der Waals surface area contributed by atoms with Crippen molar-refractivity contribution in [2.75, 3.05) is 11.1 Å². The van der Waals surface area contributed by atoms with E-state index in [1.165, 1.54) is 11.6 Å². The van der Waals surface area contributed by atoms with Crippen LogP contribution in [0.25, 0.3) is 0 Å². The molecule has 0 spiro atoms. The van der Waals surface area contributed by atoms with Crippen LogP contribution >= 0.6 is 0 Å². The zero-order chi connectivity index (χ0) is 18.0. The van der Waals surface area contributed by atoms with E-state index in [0.717, 1.165) is 29.4 Å². The largest absolute Gasteiger partial charge is 0.391 e. The minimum absolute atomic E-state index is 0.106. The summed E-state index contributed by atoms with van der Waals surface area (Å²) in [6.45, 7) is 0.279. The molecule has 7 nitrogen and oxygen atoms in total. The molecule has 0 aliphatic heterocycles. The lowest BCUT2D eigenvalue weighted by molar-refractivity contribution is 0.116. The summed E-state index contributed by atoms with van der Waals surface area (Å²) in [5, 5.41) is 13.3. The SMILES string of the molecule is Cn1c(=O)c(NC2CCCCC2O)c(N)n(Cc2ccccc2)c1=O. The number of benzene rings is 1. The van der Waals surface area contributed by atoms with Gasteiger partial charge in [-0.25, -0.2) is 4.79 Å². The van der Waals surface area contributed by atoms with E-state index in [2.05, 4.69) is 5.32 Å². The number of nitrogens with one attached hydrogen (secondary N) is 1. The fourth-order valence-corrected chi connectivity index (χ4v) is 3.30. The Kier molecular flexibility index (Phi) is 4.94. The van der Waals surface area contributed by atoms with Gasteiger partial charge in [-0.1, -0.05) is 43.2 Å². The molecule has 1 saturated carbocycles. The number of aliphatic hydroxyl groups excluding tert-OH is 1. The quantitative estimate of drug-likeness (QED) is 0.764. The Hall–Kier alpha value is -2.54. The van der Waals surface area contributed by atoms with Gasteiger partial charge in [0.1, 0.15) is 11.5 Å². The van der Waals surface area contributed by atoms with Crippen LogP contribution in [0.2, 0.25) is 0 Å². The minimum Gasteiger partial charge on any atom is -0.391 e. The molecule has 7 heteroatoms. The number of nitrogens with two attached hydrogens (primary N) is 1. The molecular weight excluding hydrogens is 320 g/mol. The van der Waals surface area contributed by atoms with Crippen molar-refractivity contribution in [2.24, 2.45) is 7.05 Å². The number of nitrogen functional groups attached to an aromatic ring is 1. The van der Waals surface area contributed by atoms with Crippen LogP contribution < -0.4 is 22.3 Å². The van der Waals surface area contributed by atoms with Crippen LogP contribution in [0.15, 0.2) is 39.9 Å². The monoisotopic (exact) mass is 344 g/mol. The Morgan fingerprint density at radius 2 is 1.88 bits per heavy atom. The molecule has 2 aromatic rings. The van der Waals surface area contributed by atoms with Crippen molar-refractivity contribution < 1.29 is 5.11 Å². The van der Waals surface area contributed by atoms with E-state index in [0.29, 0.717) is 6.42 Å². The van der Waals surface area contributed by atoms with Gasteiger partial charge in [0.15, 0.2) is 0 Å². The fourth-order valence-electron chi connectivity index (χ4n) is 3.30. The molecule has 2 unspecified atom stereocenters. The zero-order valence-electron chi connectivity index (χ0n) is 14.3. The van der Waals surface area contributed by atoms with E-state index in [9.17, 15) is 14.7 Å². The topological polar surface area (TPSA) is 102 Å². The molecule has 1 aliphatic rings. The van der Waals surface area contributed by atoms with Gasteiger partial charge in [-0.2, -0.15) is 0 Å². The first kappa shape index (κ1) is 17.3. The fraction of sp³-hybridized carbons (Fsp3) is 0.444. The molecule has 0 radical (unpaired) electrons. The molecule has 25 heavy (non-hydrogen) atoms. The van der Waals surface area contributed by atoms with Gasteiger partial charge in [-0.3, -0.25) is 13.9 Å². The van der Waals surface area contributed by atoms with Crippen molar-refractivity contribution in [1.82, 2.24) is 9.13 Å². The van der Waals surface area contributed by atoms with Gasteiger partial charge >= 0.3 is 5.69 Å². The standard InChI is InChI=1S/C18H24N4O3/c1-21-17(24)15(20-13-9-5-6-10-14(13)23)16(19)22(18(21)25)11-12-7-3-2-4-8-12/h2-4,7-8,13-14,20,23H,5-6,9-11,19H2,1H3. The van der Waals surface area contributed by atoms with Gasteiger partial charge in [0.25, 0.3) is 5.56 Å². The summed E-state index contributed by atoms with van der Waals surface area (Å²) in [5.74, 6) is 0.106. The molecular formula is C18H24N4O3. The maximum Gasteiger partial charge on any atom is 0.332 e. The second-order valence-corrected chi connectivity index (χ2v) is 6.58. The normalized spacial score (nSPS) is 20.4. The van der Waals surface area contributed by atoms with Crippen LogP contribution in [0.4, 0.5) is 11.5 Å². The number of rotatable bonds is 4. The highest BCUT2D eigenvalue weighted by Gasteiger charge is 2.26. The summed E-state index contributed by atoms with van der Waals surface area (Å²) >= 11 is 0. The first-order valence-electron chi connectivity index (χ1n) is 8.57. The first-order chi connectivity index (χ1) is 12.0. The molecule has 1 aliphatic carbocycles. The van der Waals surface area contributed by atoms with Crippen molar-refractivity contribution in [3.8, 4) is 0 Å². The van der Waals surface area contributed by atoms with Gasteiger partial charge in [-0.05, 0) is 18.4 Å². The molecule has 0 saturated heterocycles. The molecule has 4 N–H and O–H groups in total. The molecule has 1 fully saturated rings. The van der Waals surface area contributed by atoms with E-state index >= 15 is 0 Å². The molecule has 1 aromatic heterocycles. The number of aromatic nitrogens is 2. The van der Waals surface area contributed by atoms with Crippen LogP contribution in [-0.2, 0) is 13.6 Å². The minimum atomic E-state index is -0.521. The van der Waals surface area contributed by atoms with Crippen molar-refractivity contribution >= 4 is 11.5 Å². The van der Waals surface area contributed by atoms with Gasteiger partial charge in [0, 0.05) is 7.05 Å². The number of hydrogen-bond donors (Lipinski definition) is 3. The third-order valence-corrected chi connectivity index (χ3v) is 4.83. The second-order valence-electron chi connectivity index (χ2n) is 6.58. The molecule has 2 atom stereocenters. The number of hydrogen-bond acceptors (Lipinski definition) is 5. The summed E-state index contributed by atoms with van der Waals surface area (Å²) in [4.78, 5) is 25.0. The van der Waals surface area contributed by atoms with Crippen LogP contribution in [0.3, 0.4) is 0 Å². The van der Waals surface area contributed by atoms with E-state index < -0.39 is 17.4 Å². The summed E-state index contributed by atoms with van der Waals surface area (Å²) in [6, 6.07) is 9.23. The Morgan fingerprint density at radius 3 is 2.56 bits per heavy atom. The van der Waals surface area contributed by atoms with Crippen molar-refractivity contribution in [3.63, 3.8) is 0 Å². The smallest absolute Gasteiger partial charge is 0.332 e. The highest BCUT2D eigenvalue weighted by molar-refractivity contribution is 5.61. The van der Waals surface area contributed by atoms with Gasteiger partial charge < -0.3 is 16.2 Å². The third-order valence-electron chi connectivity index (χ3n) is 4.83. The lowest BCUT2D eigenvalue weighted by atomic mass is 9.92. The average Bonchev–Trinajstić information content (AvgIpc) is 2.63. The van der Waals surface area contributed by atoms with Crippen molar-refractivity contribution in [1.29, 1.82) is 0 Å². The predicted molar refractivity (Wildman–Crippen MR) is 97.8 cm³/mol. The van der Waals surface area contributed by atoms with Crippen LogP contribution in [0, 0.1) is 0 Å². The van der Waals surface area contributed by atoms with E-state index in [-0.39, 0.29) is 24.1 Å². The molecule has 0 bridgehead atoms. The summed E-state index contributed by atoms with van der Waals surface area (Å²) < 4.78 is 2.44. The van der Waals surface area contributed by atoms with E-state index in [1.54, 1.807) is 0 Å². The second kappa shape index (κ2) is 7.14. The van der Waals surface area contributed by atoms with Crippen molar-refractivity contribution in [2.45, 2.75) is 44.4 Å². The van der Waals surface area contributed by atoms with Crippen LogP contribution in [0.5, 0.6) is 0 Å². The maximum absolute atomic E-state index is 12.5. The molecule has 1 heterocycles. The summed E-state index contributed by atoms with van der Waals surface area (Å²) in [6.07, 6.45) is 2.90. The Bertz CT molecular complexity index is 857. The molecule has 1 aromatic carbocycles. The third kappa shape index (κ3) is 3.46. The Labute approximate surface area is 145 Å². The van der Waals surface area contributed by atoms with Crippen LogP contribution in [-0.4, -0.2) is 26.4 Å². The first-order valence-corrected chi connectivity index (χ1v) is 8.57. The Morgan fingerprint density at radius 1 is 1.20 bits per heavy atom. The predicted octanol–water partition coefficient (Wildman–Crippen LogP) is 0.893. The summed E-state index contributed by atoms with van der Waals surface area (Å²) in [5.41, 5.74) is 6.34. The Balaban J connectivity index is 2.01. The number of aliphatic hydroxyl groups is 1. The van der Waals surface area contributed by atoms with Gasteiger partial charge in [0.2, 0.25) is 0 Å². The van der Waals surface area contributed by atoms with Crippen LogP contribution in [0.1, 0.15) is 31.2 Å². The molecule has 0 amide bonds. The maximum atomic E-state index is 12.5. The van der Waals surface area contributed by atoms with Gasteiger partial charge in [0.05, 0.1) is 18.7 Å². The highest BCUT2D eigenvalue weighted by atomic mass is 16.3. The van der Waals surface area contributed by atoms with E-state index in [1.807, 2.05) is 30.3 Å². The lowest BCUT2D eigenvalue weighted by Gasteiger charge is -2.29. The molecule has 3 rings (SSSR count). The average molecular weight is 344 g/mol. The summed E-state index contributed by atoms with van der Waals surface area (Å²) in [7, 11) is 1.44. The highest BCUT2D eigenvalue weighted by Crippen LogP contribution is 2.23. The number of anilines is 2. The lowest BCUT2D eigenvalue weighted by Crippen LogP contribution is -2.44. The number of nitrogens with zero attached hydrogens (tertiary/aromatic N) is 2. The van der Waals surface area contributed by atoms with E-state index in [4.69, 9.17) is 5.73 Å². The van der Waals surface area contributed by atoms with Crippen molar-refractivity contribution in [3.05, 3.63) is 56.7 Å². The zero-order valence-corrected chi connectivity index (χ0v) is 14.3. The van der Waals surface area contributed by atoms with Gasteiger partial charge in [-0.15, -0.1) is 0 Å². The molecule has 134 valence electrons.